The van der Waals surface area contributed by atoms with Crippen LogP contribution >= 0.6 is 11.6 Å². The number of carbonyl (C=O) groups is 1. The van der Waals surface area contributed by atoms with Crippen molar-refractivity contribution < 1.29 is 9.53 Å². The van der Waals surface area contributed by atoms with Crippen LogP contribution in [-0.4, -0.2) is 17.6 Å². The molecule has 0 fully saturated rings. The van der Waals surface area contributed by atoms with Gasteiger partial charge in [-0.15, -0.1) is 0 Å². The van der Waals surface area contributed by atoms with Crippen LogP contribution in [0.3, 0.4) is 0 Å². The highest BCUT2D eigenvalue weighted by Gasteiger charge is 2.09. The Hall–Kier alpha value is -2.07. The fourth-order valence-corrected chi connectivity index (χ4v) is 1.94. The number of ether oxygens (including phenoxy) is 1. The van der Waals surface area contributed by atoms with Crippen LogP contribution in [0.25, 0.3) is 0 Å². The Morgan fingerprint density at radius 2 is 2.11 bits per heavy atom. The summed E-state index contributed by atoms with van der Waals surface area (Å²) < 4.78 is 6.16. The summed E-state index contributed by atoms with van der Waals surface area (Å²) in [4.78, 5) is 23.0. The normalized spacial score (nSPS) is 10.2. The van der Waals surface area contributed by atoms with E-state index in [1.807, 2.05) is 0 Å². The molecule has 0 saturated carbocycles. The van der Waals surface area contributed by atoms with Gasteiger partial charge in [-0.25, -0.2) is 4.79 Å². The summed E-state index contributed by atoms with van der Waals surface area (Å²) in [6.45, 7) is 0.361. The van der Waals surface area contributed by atoms with Crippen molar-refractivity contribution in [2.45, 2.75) is 6.54 Å². The Morgan fingerprint density at radius 1 is 1.32 bits per heavy atom. The highest BCUT2D eigenvalue weighted by Crippen LogP contribution is 2.19. The molecule has 19 heavy (non-hydrogen) atoms. The minimum Gasteiger partial charge on any atom is -0.465 e. The van der Waals surface area contributed by atoms with Crippen molar-refractivity contribution in [3.8, 4) is 0 Å². The third-order valence-corrected chi connectivity index (χ3v) is 3.07. The number of hydrogen-bond acceptors (Lipinski definition) is 3. The van der Waals surface area contributed by atoms with Crippen LogP contribution < -0.4 is 5.56 Å². The minimum atomic E-state index is -0.440. The zero-order chi connectivity index (χ0) is 13.8. The molecular formula is C14H12ClNO3. The predicted octanol–water partition coefficient (Wildman–Crippen LogP) is 2.34. The van der Waals surface area contributed by atoms with Crippen molar-refractivity contribution >= 4 is 17.6 Å². The maximum absolute atomic E-state index is 11.6. The molecular weight excluding hydrogens is 266 g/mol. The lowest BCUT2D eigenvalue weighted by molar-refractivity contribution is 0.0600. The lowest BCUT2D eigenvalue weighted by atomic mass is 10.1. The number of nitrogens with zero attached hydrogens (tertiary/aromatic N) is 1. The van der Waals surface area contributed by atoms with Crippen molar-refractivity contribution in [1.29, 1.82) is 0 Å². The maximum Gasteiger partial charge on any atom is 0.337 e. The molecule has 0 unspecified atom stereocenters. The van der Waals surface area contributed by atoms with Gasteiger partial charge in [-0.2, -0.15) is 0 Å². The standard InChI is InChI=1S/C14H12ClNO3/c1-19-14(18)10-5-6-11(12(15)8-10)9-16-7-3-2-4-13(16)17/h2-8H,9H2,1H3. The van der Waals surface area contributed by atoms with Crippen molar-refractivity contribution in [3.63, 3.8) is 0 Å². The third kappa shape index (κ3) is 3.03. The van der Waals surface area contributed by atoms with Crippen LogP contribution in [0.2, 0.25) is 5.02 Å². The van der Waals surface area contributed by atoms with Gasteiger partial charge in [-0.3, -0.25) is 4.79 Å². The van der Waals surface area contributed by atoms with Crippen molar-refractivity contribution in [2.75, 3.05) is 7.11 Å². The molecule has 0 spiro atoms. The Bertz CT molecular complexity index is 664. The van der Waals surface area contributed by atoms with E-state index in [0.29, 0.717) is 17.1 Å². The van der Waals surface area contributed by atoms with Crippen LogP contribution in [0, 0.1) is 0 Å². The molecule has 4 nitrogen and oxygen atoms in total. The number of carbonyl (C=O) groups excluding carboxylic acids is 1. The van der Waals surface area contributed by atoms with Gasteiger partial charge in [-0.05, 0) is 23.8 Å². The fourth-order valence-electron chi connectivity index (χ4n) is 1.70. The van der Waals surface area contributed by atoms with E-state index in [1.165, 1.54) is 19.2 Å². The van der Waals surface area contributed by atoms with Gasteiger partial charge in [0.25, 0.3) is 5.56 Å². The molecule has 2 rings (SSSR count). The Balaban J connectivity index is 2.30. The average Bonchev–Trinajstić information content (AvgIpc) is 2.42. The summed E-state index contributed by atoms with van der Waals surface area (Å²) >= 11 is 6.11. The minimum absolute atomic E-state index is 0.101. The van der Waals surface area contributed by atoms with Crippen LogP contribution in [-0.2, 0) is 11.3 Å². The molecule has 2 aromatic rings. The highest BCUT2D eigenvalue weighted by molar-refractivity contribution is 6.31. The molecule has 1 aromatic carbocycles. The van der Waals surface area contributed by atoms with Crippen LogP contribution in [0.15, 0.2) is 47.4 Å². The average molecular weight is 278 g/mol. The second-order valence-electron chi connectivity index (χ2n) is 3.96. The monoisotopic (exact) mass is 277 g/mol. The third-order valence-electron chi connectivity index (χ3n) is 2.71. The van der Waals surface area contributed by atoms with E-state index in [4.69, 9.17) is 11.6 Å². The first-order valence-corrected chi connectivity index (χ1v) is 6.02. The number of aromatic nitrogens is 1. The molecule has 0 aliphatic heterocycles. The number of benzene rings is 1. The number of methoxy groups -OCH3 is 1. The molecule has 0 amide bonds. The summed E-state index contributed by atoms with van der Waals surface area (Å²) in [5.41, 5.74) is 1.05. The Kier molecular flexibility index (Phi) is 4.02. The summed E-state index contributed by atoms with van der Waals surface area (Å²) in [5, 5.41) is 0.429. The molecule has 0 aliphatic rings. The molecule has 0 atom stereocenters. The topological polar surface area (TPSA) is 48.3 Å². The first-order chi connectivity index (χ1) is 9.11. The Morgan fingerprint density at radius 3 is 2.74 bits per heavy atom. The summed E-state index contributed by atoms with van der Waals surface area (Å²) in [6.07, 6.45) is 1.69. The molecule has 0 aliphatic carbocycles. The van der Waals surface area contributed by atoms with Gasteiger partial charge in [0.2, 0.25) is 0 Å². The number of halogens is 1. The SMILES string of the molecule is COC(=O)c1ccc(Cn2ccccc2=O)c(Cl)c1. The van der Waals surface area contributed by atoms with E-state index in [0.717, 1.165) is 5.56 Å². The van der Waals surface area contributed by atoms with Crippen molar-refractivity contribution in [2.24, 2.45) is 0 Å². The smallest absolute Gasteiger partial charge is 0.337 e. The molecule has 0 radical (unpaired) electrons. The van der Waals surface area contributed by atoms with Crippen molar-refractivity contribution in [1.82, 2.24) is 4.57 Å². The van der Waals surface area contributed by atoms with E-state index in [2.05, 4.69) is 4.74 Å². The summed E-state index contributed by atoms with van der Waals surface area (Å²) in [5.74, 6) is -0.440. The lowest BCUT2D eigenvalue weighted by Crippen LogP contribution is -2.18. The molecule has 1 aromatic heterocycles. The number of pyridine rings is 1. The molecule has 5 heteroatoms. The van der Waals surface area contributed by atoms with Gasteiger partial charge in [0.15, 0.2) is 0 Å². The quantitative estimate of drug-likeness (QED) is 0.809. The fraction of sp³-hybridized carbons (Fsp3) is 0.143. The van der Waals surface area contributed by atoms with Gasteiger partial charge >= 0.3 is 5.97 Å². The molecule has 0 saturated heterocycles. The predicted molar refractivity (Wildman–Crippen MR) is 72.6 cm³/mol. The lowest BCUT2D eigenvalue weighted by Gasteiger charge is -2.08. The second kappa shape index (κ2) is 5.71. The van der Waals surface area contributed by atoms with Gasteiger partial charge in [0.1, 0.15) is 0 Å². The van der Waals surface area contributed by atoms with E-state index in [-0.39, 0.29) is 5.56 Å². The van der Waals surface area contributed by atoms with Gasteiger partial charge in [0, 0.05) is 17.3 Å². The summed E-state index contributed by atoms with van der Waals surface area (Å²) in [7, 11) is 1.31. The second-order valence-corrected chi connectivity index (χ2v) is 4.37. The van der Waals surface area contributed by atoms with Gasteiger partial charge in [0.05, 0.1) is 19.2 Å². The van der Waals surface area contributed by atoms with Crippen LogP contribution in [0.5, 0.6) is 0 Å². The van der Waals surface area contributed by atoms with Crippen LogP contribution in [0.1, 0.15) is 15.9 Å². The summed E-state index contributed by atoms with van der Waals surface area (Å²) in [6, 6.07) is 9.82. The number of esters is 1. The number of hydrogen-bond donors (Lipinski definition) is 0. The van der Waals surface area contributed by atoms with Gasteiger partial charge in [-0.1, -0.05) is 23.7 Å². The first-order valence-electron chi connectivity index (χ1n) is 5.64. The largest absolute Gasteiger partial charge is 0.465 e. The van der Waals surface area contributed by atoms with Crippen LogP contribution in [0.4, 0.5) is 0 Å². The molecule has 0 N–H and O–H groups in total. The Labute approximate surface area is 115 Å². The first kappa shape index (κ1) is 13.4. The zero-order valence-electron chi connectivity index (χ0n) is 10.3. The molecule has 98 valence electrons. The molecule has 1 heterocycles. The van der Waals surface area contributed by atoms with E-state index in [9.17, 15) is 9.59 Å². The molecule has 0 bridgehead atoms. The van der Waals surface area contributed by atoms with E-state index < -0.39 is 5.97 Å². The highest BCUT2D eigenvalue weighted by atomic mass is 35.5. The van der Waals surface area contributed by atoms with Crippen molar-refractivity contribution in [3.05, 3.63) is 69.1 Å². The zero-order valence-corrected chi connectivity index (χ0v) is 11.1. The van der Waals surface area contributed by atoms with E-state index >= 15 is 0 Å². The number of rotatable bonds is 3. The van der Waals surface area contributed by atoms with Gasteiger partial charge < -0.3 is 9.30 Å². The maximum atomic E-state index is 11.6. The van der Waals surface area contributed by atoms with E-state index in [1.54, 1.807) is 35.0 Å².